The summed E-state index contributed by atoms with van der Waals surface area (Å²) in [5, 5.41) is 3.48. The SMILES string of the molecule is CCCc1ccc(C(C)(C)CNCCCN)cc1. The molecular weight excluding hydrogens is 220 g/mol. The fraction of sp³-hybridized carbons (Fsp3) is 0.625. The Labute approximate surface area is 112 Å². The van der Waals surface area contributed by atoms with E-state index in [1.807, 2.05) is 0 Å². The summed E-state index contributed by atoms with van der Waals surface area (Å²) in [5.74, 6) is 0. The Balaban J connectivity index is 2.54. The van der Waals surface area contributed by atoms with Crippen molar-refractivity contribution < 1.29 is 0 Å². The number of nitrogens with two attached hydrogens (primary N) is 1. The first kappa shape index (κ1) is 15.2. The third-order valence-corrected chi connectivity index (χ3v) is 3.40. The number of hydrogen-bond donors (Lipinski definition) is 2. The zero-order chi connectivity index (χ0) is 13.4. The minimum Gasteiger partial charge on any atom is -0.330 e. The molecule has 102 valence electrons. The predicted octanol–water partition coefficient (Wildman–Crippen LogP) is 2.86. The van der Waals surface area contributed by atoms with E-state index in [-0.39, 0.29) is 5.41 Å². The zero-order valence-corrected chi connectivity index (χ0v) is 12.1. The van der Waals surface area contributed by atoms with Crippen LogP contribution in [0.15, 0.2) is 24.3 Å². The van der Waals surface area contributed by atoms with Gasteiger partial charge in [-0.3, -0.25) is 0 Å². The number of nitrogens with one attached hydrogen (secondary N) is 1. The number of rotatable bonds is 8. The standard InChI is InChI=1S/C16H28N2/c1-4-6-14-7-9-15(10-8-14)16(2,3)13-18-12-5-11-17/h7-10,18H,4-6,11-13,17H2,1-3H3. The van der Waals surface area contributed by atoms with Crippen LogP contribution in [0.1, 0.15) is 44.7 Å². The Morgan fingerprint density at radius 3 is 2.39 bits per heavy atom. The van der Waals surface area contributed by atoms with Crippen LogP contribution >= 0.6 is 0 Å². The average molecular weight is 248 g/mol. The predicted molar refractivity (Wildman–Crippen MR) is 80.0 cm³/mol. The van der Waals surface area contributed by atoms with Gasteiger partial charge in [0.2, 0.25) is 0 Å². The van der Waals surface area contributed by atoms with Crippen LogP contribution in [0, 0.1) is 0 Å². The minimum atomic E-state index is 0.180. The summed E-state index contributed by atoms with van der Waals surface area (Å²) in [4.78, 5) is 0. The van der Waals surface area contributed by atoms with E-state index in [0.29, 0.717) is 0 Å². The molecule has 1 aromatic rings. The van der Waals surface area contributed by atoms with Gasteiger partial charge in [0, 0.05) is 12.0 Å². The van der Waals surface area contributed by atoms with Crippen LogP contribution in [-0.4, -0.2) is 19.6 Å². The average Bonchev–Trinajstić information content (AvgIpc) is 2.36. The molecule has 3 N–H and O–H groups in total. The van der Waals surface area contributed by atoms with E-state index >= 15 is 0 Å². The molecule has 0 aliphatic rings. The van der Waals surface area contributed by atoms with Gasteiger partial charge in [-0.05, 0) is 37.1 Å². The summed E-state index contributed by atoms with van der Waals surface area (Å²) in [6, 6.07) is 9.08. The molecule has 0 spiro atoms. The van der Waals surface area contributed by atoms with Crippen molar-refractivity contribution in [2.24, 2.45) is 5.73 Å². The molecular formula is C16H28N2. The molecule has 2 nitrogen and oxygen atoms in total. The Morgan fingerprint density at radius 1 is 1.17 bits per heavy atom. The van der Waals surface area contributed by atoms with Crippen molar-refractivity contribution in [3.63, 3.8) is 0 Å². The van der Waals surface area contributed by atoms with E-state index in [4.69, 9.17) is 5.73 Å². The monoisotopic (exact) mass is 248 g/mol. The van der Waals surface area contributed by atoms with Gasteiger partial charge in [-0.25, -0.2) is 0 Å². The first-order chi connectivity index (χ1) is 8.60. The molecule has 1 aromatic carbocycles. The molecule has 0 saturated heterocycles. The molecule has 0 heterocycles. The molecule has 0 aliphatic carbocycles. The molecule has 0 saturated carbocycles. The molecule has 0 amide bonds. The quantitative estimate of drug-likeness (QED) is 0.694. The van der Waals surface area contributed by atoms with Gasteiger partial charge < -0.3 is 11.1 Å². The van der Waals surface area contributed by atoms with Crippen LogP contribution in [-0.2, 0) is 11.8 Å². The van der Waals surface area contributed by atoms with Crippen molar-refractivity contribution in [3.8, 4) is 0 Å². The molecule has 2 heteroatoms. The van der Waals surface area contributed by atoms with E-state index in [1.165, 1.54) is 24.0 Å². The molecule has 0 atom stereocenters. The first-order valence-corrected chi connectivity index (χ1v) is 7.10. The van der Waals surface area contributed by atoms with Crippen molar-refractivity contribution in [2.75, 3.05) is 19.6 Å². The fourth-order valence-electron chi connectivity index (χ4n) is 2.14. The van der Waals surface area contributed by atoms with Gasteiger partial charge in [-0.15, -0.1) is 0 Å². The zero-order valence-electron chi connectivity index (χ0n) is 12.1. The van der Waals surface area contributed by atoms with E-state index < -0.39 is 0 Å². The maximum atomic E-state index is 5.49. The second kappa shape index (κ2) is 7.55. The highest BCUT2D eigenvalue weighted by molar-refractivity contribution is 5.28. The maximum absolute atomic E-state index is 5.49. The first-order valence-electron chi connectivity index (χ1n) is 7.10. The molecule has 0 fully saturated rings. The highest BCUT2D eigenvalue weighted by Crippen LogP contribution is 2.22. The lowest BCUT2D eigenvalue weighted by Gasteiger charge is -2.26. The third-order valence-electron chi connectivity index (χ3n) is 3.40. The Bertz CT molecular complexity index is 327. The smallest absolute Gasteiger partial charge is 0.00431 e. The van der Waals surface area contributed by atoms with Crippen molar-refractivity contribution in [2.45, 2.75) is 45.4 Å². The van der Waals surface area contributed by atoms with Gasteiger partial charge in [0.25, 0.3) is 0 Å². The largest absolute Gasteiger partial charge is 0.330 e. The third kappa shape index (κ3) is 4.79. The Hall–Kier alpha value is -0.860. The lowest BCUT2D eigenvalue weighted by Crippen LogP contribution is -2.34. The second-order valence-corrected chi connectivity index (χ2v) is 5.65. The van der Waals surface area contributed by atoms with Crippen molar-refractivity contribution in [1.82, 2.24) is 5.32 Å². The highest BCUT2D eigenvalue weighted by Gasteiger charge is 2.19. The van der Waals surface area contributed by atoms with Gasteiger partial charge in [0.05, 0.1) is 0 Å². The van der Waals surface area contributed by atoms with Crippen molar-refractivity contribution >= 4 is 0 Å². The van der Waals surface area contributed by atoms with E-state index in [9.17, 15) is 0 Å². The van der Waals surface area contributed by atoms with Gasteiger partial charge in [-0.2, -0.15) is 0 Å². The maximum Gasteiger partial charge on any atom is 0.00431 e. The number of hydrogen-bond acceptors (Lipinski definition) is 2. The highest BCUT2D eigenvalue weighted by atomic mass is 14.9. The summed E-state index contributed by atoms with van der Waals surface area (Å²) in [5.41, 5.74) is 8.52. The van der Waals surface area contributed by atoms with Crippen LogP contribution in [0.4, 0.5) is 0 Å². The van der Waals surface area contributed by atoms with Gasteiger partial charge in [0.1, 0.15) is 0 Å². The summed E-state index contributed by atoms with van der Waals surface area (Å²) < 4.78 is 0. The lowest BCUT2D eigenvalue weighted by molar-refractivity contribution is 0.467. The van der Waals surface area contributed by atoms with Crippen molar-refractivity contribution in [1.29, 1.82) is 0 Å². The van der Waals surface area contributed by atoms with Gasteiger partial charge in [-0.1, -0.05) is 51.5 Å². The summed E-state index contributed by atoms with van der Waals surface area (Å²) in [7, 11) is 0. The molecule has 18 heavy (non-hydrogen) atoms. The summed E-state index contributed by atoms with van der Waals surface area (Å²) in [6.07, 6.45) is 3.43. The number of aryl methyl sites for hydroxylation is 1. The summed E-state index contributed by atoms with van der Waals surface area (Å²) in [6.45, 7) is 9.57. The van der Waals surface area contributed by atoms with Crippen molar-refractivity contribution in [3.05, 3.63) is 35.4 Å². The molecule has 0 unspecified atom stereocenters. The van der Waals surface area contributed by atoms with Crippen LogP contribution in [0.5, 0.6) is 0 Å². The van der Waals surface area contributed by atoms with Crippen LogP contribution in [0.3, 0.4) is 0 Å². The topological polar surface area (TPSA) is 38.0 Å². The molecule has 0 bridgehead atoms. The molecule has 0 aromatic heterocycles. The molecule has 1 rings (SSSR count). The van der Waals surface area contributed by atoms with Gasteiger partial charge >= 0.3 is 0 Å². The van der Waals surface area contributed by atoms with E-state index in [2.05, 4.69) is 50.4 Å². The second-order valence-electron chi connectivity index (χ2n) is 5.65. The Kier molecular flexibility index (Phi) is 6.37. The Morgan fingerprint density at radius 2 is 1.83 bits per heavy atom. The van der Waals surface area contributed by atoms with E-state index in [0.717, 1.165) is 26.1 Å². The number of benzene rings is 1. The minimum absolute atomic E-state index is 0.180. The van der Waals surface area contributed by atoms with Crippen LogP contribution < -0.4 is 11.1 Å². The normalized spacial score (nSPS) is 11.8. The molecule has 0 radical (unpaired) electrons. The van der Waals surface area contributed by atoms with Crippen LogP contribution in [0.25, 0.3) is 0 Å². The van der Waals surface area contributed by atoms with E-state index in [1.54, 1.807) is 0 Å². The fourth-order valence-corrected chi connectivity index (χ4v) is 2.14. The van der Waals surface area contributed by atoms with Gasteiger partial charge in [0.15, 0.2) is 0 Å². The van der Waals surface area contributed by atoms with Crippen LogP contribution in [0.2, 0.25) is 0 Å². The summed E-state index contributed by atoms with van der Waals surface area (Å²) >= 11 is 0. The lowest BCUT2D eigenvalue weighted by atomic mass is 9.84. The molecule has 0 aliphatic heterocycles.